The number of hydrogen-bond donors (Lipinski definition) is 2. The van der Waals surface area contributed by atoms with Crippen molar-refractivity contribution in [2.75, 3.05) is 33.4 Å². The van der Waals surface area contributed by atoms with Crippen molar-refractivity contribution in [2.45, 2.75) is 71.6 Å². The van der Waals surface area contributed by atoms with Gasteiger partial charge in [-0.1, -0.05) is 0 Å². The summed E-state index contributed by atoms with van der Waals surface area (Å²) in [5.41, 5.74) is -1.17. The van der Waals surface area contributed by atoms with Gasteiger partial charge in [0.1, 0.15) is 11.1 Å². The van der Waals surface area contributed by atoms with Crippen LogP contribution < -0.4 is 10.8 Å². The van der Waals surface area contributed by atoms with Crippen molar-refractivity contribution < 1.29 is 50.4 Å². The molecule has 0 bridgehead atoms. The smallest absolute Gasteiger partial charge is 0.421 e. The second kappa shape index (κ2) is 11.4. The molecule has 1 unspecified atom stereocenters. The minimum absolute atomic E-state index is 0.0351. The van der Waals surface area contributed by atoms with Crippen LogP contribution in [0.4, 0.5) is 9.59 Å². The van der Waals surface area contributed by atoms with E-state index in [1.807, 2.05) is 0 Å². The summed E-state index contributed by atoms with van der Waals surface area (Å²) in [6, 6.07) is -1.81. The van der Waals surface area contributed by atoms with E-state index in [-0.39, 0.29) is 32.6 Å². The highest BCUT2D eigenvalue weighted by molar-refractivity contribution is 7.81. The third kappa shape index (κ3) is 7.21. The Bertz CT molecular complexity index is 995. The van der Waals surface area contributed by atoms with Gasteiger partial charge < -0.3 is 19.7 Å². The largest absolute Gasteiger partial charge is 0.466 e. The lowest BCUT2D eigenvalue weighted by Gasteiger charge is -2.45. The number of urea groups is 1. The maximum absolute atomic E-state index is 12.9. The number of likely N-dealkylation sites (N-methyl/N-ethyl adjacent to an activating group) is 1. The van der Waals surface area contributed by atoms with Crippen molar-refractivity contribution >= 4 is 34.4 Å². The molecular weight excluding hydrogens is 516 g/mol. The molecule has 212 valence electrons. The molecule has 1 aliphatic carbocycles. The Balaban J connectivity index is 1.93. The van der Waals surface area contributed by atoms with Gasteiger partial charge in [0.15, 0.2) is 0 Å². The van der Waals surface area contributed by atoms with Crippen molar-refractivity contribution in [1.29, 1.82) is 0 Å². The van der Waals surface area contributed by atoms with Crippen LogP contribution in [0.2, 0.25) is 0 Å². The molecule has 2 N–H and O–H groups in total. The number of hydroxylamine groups is 3. The second-order valence-electron chi connectivity index (χ2n) is 10.2. The maximum Gasteiger partial charge on any atom is 0.421 e. The average Bonchev–Trinajstić information content (AvgIpc) is 2.87. The fraction of sp³-hybridized carbons (Fsp3) is 0.810. The summed E-state index contributed by atoms with van der Waals surface area (Å²) in [5.74, 6) is -1.36. The molecule has 16 heteroatoms. The zero-order valence-electron chi connectivity index (χ0n) is 22.1. The minimum atomic E-state index is -4.77. The molecule has 2 aliphatic rings. The first-order valence-corrected chi connectivity index (χ1v) is 13.0. The molecule has 0 radical (unpaired) electrons. The Morgan fingerprint density at radius 1 is 1.16 bits per heavy atom. The average molecular weight is 553 g/mol. The first-order chi connectivity index (χ1) is 17.0. The number of esters is 1. The number of nitrogens with one attached hydrogen (secondary N) is 2. The molecule has 1 saturated heterocycles. The lowest BCUT2D eigenvalue weighted by Crippen LogP contribution is -2.67. The lowest BCUT2D eigenvalue weighted by atomic mass is 9.71. The van der Waals surface area contributed by atoms with E-state index in [0.29, 0.717) is 5.06 Å². The Morgan fingerprint density at radius 2 is 1.81 bits per heavy atom. The molecule has 1 saturated carbocycles. The van der Waals surface area contributed by atoms with Crippen LogP contribution in [0.15, 0.2) is 0 Å². The van der Waals surface area contributed by atoms with Gasteiger partial charge in [0.25, 0.3) is 5.91 Å². The molecule has 1 heterocycles. The van der Waals surface area contributed by atoms with Gasteiger partial charge in [0.2, 0.25) is 0 Å². The normalized spacial score (nSPS) is 21.7. The Morgan fingerprint density at radius 3 is 2.35 bits per heavy atom. The fourth-order valence-corrected chi connectivity index (χ4v) is 4.50. The molecule has 2 fully saturated rings. The van der Waals surface area contributed by atoms with Gasteiger partial charge in [0, 0.05) is 13.6 Å². The molecule has 2 atom stereocenters. The van der Waals surface area contributed by atoms with E-state index in [0.717, 1.165) is 4.90 Å². The summed E-state index contributed by atoms with van der Waals surface area (Å²) in [5, 5.41) is 3.03. The quantitative estimate of drug-likeness (QED) is 0.197. The number of nitrogens with zero attached hydrogens (tertiary/aromatic N) is 2. The van der Waals surface area contributed by atoms with E-state index in [1.165, 1.54) is 20.9 Å². The van der Waals surface area contributed by atoms with Crippen LogP contribution in [0, 0.1) is 5.41 Å². The van der Waals surface area contributed by atoms with Gasteiger partial charge in [-0.25, -0.2) is 19.3 Å². The summed E-state index contributed by atoms with van der Waals surface area (Å²) in [6.07, 6.45) is -0.154. The topological polar surface area (TPSA) is 179 Å². The van der Waals surface area contributed by atoms with E-state index >= 15 is 0 Å². The third-order valence-corrected chi connectivity index (χ3v) is 6.45. The molecule has 0 aromatic heterocycles. The predicted octanol–water partition coefficient (Wildman–Crippen LogP) is 0.610. The highest BCUT2D eigenvalue weighted by atomic mass is 32.3. The van der Waals surface area contributed by atoms with Crippen LogP contribution in [0.25, 0.3) is 0 Å². The van der Waals surface area contributed by atoms with E-state index in [4.69, 9.17) is 22.8 Å². The van der Waals surface area contributed by atoms with E-state index < -0.39 is 63.6 Å². The van der Waals surface area contributed by atoms with Gasteiger partial charge in [-0.2, -0.15) is 13.5 Å². The molecule has 2 rings (SSSR count). The van der Waals surface area contributed by atoms with Crippen molar-refractivity contribution in [3.05, 3.63) is 0 Å². The lowest BCUT2D eigenvalue weighted by molar-refractivity contribution is -0.158. The van der Waals surface area contributed by atoms with Gasteiger partial charge in [0.05, 0.1) is 31.3 Å². The number of ether oxygens (including phenoxy) is 2. The summed E-state index contributed by atoms with van der Waals surface area (Å²) in [7, 11) is -3.44. The van der Waals surface area contributed by atoms with Crippen LogP contribution in [0.3, 0.4) is 0 Å². The summed E-state index contributed by atoms with van der Waals surface area (Å²) in [6.45, 7) is 9.07. The second-order valence-corrected chi connectivity index (χ2v) is 11.4. The molecule has 1 aliphatic heterocycles. The van der Waals surface area contributed by atoms with Crippen LogP contribution in [0.5, 0.6) is 0 Å². The van der Waals surface area contributed by atoms with Gasteiger partial charge in [-0.15, -0.1) is 4.28 Å². The zero-order chi connectivity index (χ0) is 28.2. The van der Waals surface area contributed by atoms with Crippen molar-refractivity contribution in [2.24, 2.45) is 5.41 Å². The van der Waals surface area contributed by atoms with Gasteiger partial charge in [-0.3, -0.25) is 14.4 Å². The first kappa shape index (κ1) is 30.5. The highest BCUT2D eigenvalue weighted by Crippen LogP contribution is 2.47. The van der Waals surface area contributed by atoms with E-state index in [2.05, 4.69) is 10.8 Å². The number of amides is 4. The minimum Gasteiger partial charge on any atom is -0.466 e. The molecule has 0 aromatic rings. The summed E-state index contributed by atoms with van der Waals surface area (Å²) in [4.78, 5) is 55.5. The maximum atomic E-state index is 12.9. The van der Waals surface area contributed by atoms with E-state index in [1.54, 1.807) is 27.7 Å². The Kier molecular flexibility index (Phi) is 9.38. The number of hydrogen-bond acceptors (Lipinski definition) is 11. The fourth-order valence-electron chi connectivity index (χ4n) is 3.65. The van der Waals surface area contributed by atoms with Crippen molar-refractivity contribution in [3.8, 4) is 0 Å². The van der Waals surface area contributed by atoms with Crippen LogP contribution in [-0.2, 0) is 42.8 Å². The first-order valence-electron chi connectivity index (χ1n) is 11.7. The van der Waals surface area contributed by atoms with E-state index in [9.17, 15) is 27.6 Å². The Hall–Kier alpha value is -2.69. The number of carbonyl (C=O) groups is 4. The number of rotatable bonds is 12. The molecular formula is C21H36N4O11S. The number of carbonyl (C=O) groups excluding carboxylic acids is 4. The molecule has 0 aromatic carbocycles. The number of fused-ring (bicyclic) bond motifs is 1. The summed E-state index contributed by atoms with van der Waals surface area (Å²) < 4.78 is 44.5. The van der Waals surface area contributed by atoms with Crippen LogP contribution in [-0.4, -0.2) is 93.0 Å². The molecule has 37 heavy (non-hydrogen) atoms. The van der Waals surface area contributed by atoms with Crippen molar-refractivity contribution in [1.82, 2.24) is 20.8 Å². The molecule has 0 spiro atoms. The predicted molar refractivity (Wildman–Crippen MR) is 125 cm³/mol. The molecule has 15 nitrogen and oxygen atoms in total. The standard InChI is InChI=1S/C21H36N4O11S/c1-8-32-16(27)20(5,6)13-34-37(30,31)36-25-14-9-10-21(14,24(7)18(25)29)15(26)23-33-12-11-22-17(28)35-19(2,3)4/h14H,8-13H2,1-7H3,(H,22,28)(H,23,26)/t14?,21-/m0/s1. The van der Waals surface area contributed by atoms with Crippen LogP contribution >= 0.6 is 0 Å². The Labute approximate surface area is 216 Å². The number of alkyl carbamates (subject to hydrolysis) is 1. The summed E-state index contributed by atoms with van der Waals surface area (Å²) >= 11 is 0. The third-order valence-electron chi connectivity index (χ3n) is 5.70. The molecule has 4 amide bonds. The highest BCUT2D eigenvalue weighted by Gasteiger charge is 2.67. The van der Waals surface area contributed by atoms with Gasteiger partial charge >= 0.3 is 28.5 Å². The zero-order valence-corrected chi connectivity index (χ0v) is 22.9. The SMILES string of the molecule is CCOC(=O)C(C)(C)COS(=O)(=O)ON1C(=O)N(C)[C@@]2(C(=O)NOCCNC(=O)OC(C)(C)C)CCC12. The van der Waals surface area contributed by atoms with Crippen molar-refractivity contribution in [3.63, 3.8) is 0 Å². The van der Waals surface area contributed by atoms with Gasteiger partial charge in [-0.05, 0) is 54.4 Å². The monoisotopic (exact) mass is 552 g/mol. The van der Waals surface area contributed by atoms with Crippen LogP contribution in [0.1, 0.15) is 54.4 Å².